The third-order valence-corrected chi connectivity index (χ3v) is 3.84. The number of carbonyl (C=O) groups is 1. The van der Waals surface area contributed by atoms with Gasteiger partial charge in [0.2, 0.25) is 0 Å². The number of amides is 1. The zero-order valence-corrected chi connectivity index (χ0v) is 14.2. The highest BCUT2D eigenvalue weighted by Crippen LogP contribution is 2.22. The van der Waals surface area contributed by atoms with E-state index in [4.69, 9.17) is 4.74 Å². The van der Waals surface area contributed by atoms with Crippen molar-refractivity contribution in [1.29, 1.82) is 0 Å². The fraction of sp³-hybridized carbons (Fsp3) is 0.158. The van der Waals surface area contributed by atoms with Gasteiger partial charge in [0.05, 0.1) is 19.0 Å². The number of rotatable bonds is 4. The molecule has 3 rings (SSSR count). The summed E-state index contributed by atoms with van der Waals surface area (Å²) >= 11 is 0. The number of aryl methyl sites for hydroxylation is 2. The minimum atomic E-state index is -0.371. The van der Waals surface area contributed by atoms with E-state index in [0.717, 1.165) is 11.1 Å². The van der Waals surface area contributed by atoms with Gasteiger partial charge in [-0.1, -0.05) is 17.7 Å². The number of halogens is 1. The highest BCUT2D eigenvalue weighted by Gasteiger charge is 2.19. The van der Waals surface area contributed by atoms with Crippen LogP contribution in [0.2, 0.25) is 0 Å². The van der Waals surface area contributed by atoms with E-state index in [2.05, 4.69) is 10.4 Å². The van der Waals surface area contributed by atoms with Crippen LogP contribution in [0.25, 0.3) is 5.69 Å². The Hall–Kier alpha value is -3.15. The third kappa shape index (κ3) is 3.52. The maximum atomic E-state index is 13.1. The molecule has 0 spiro atoms. The average Bonchev–Trinajstić information content (AvgIpc) is 3.02. The van der Waals surface area contributed by atoms with Crippen LogP contribution in [0, 0.1) is 19.7 Å². The maximum absolute atomic E-state index is 13.1. The van der Waals surface area contributed by atoms with Gasteiger partial charge in [-0.15, -0.1) is 0 Å². The second-order valence-corrected chi connectivity index (χ2v) is 5.74. The van der Waals surface area contributed by atoms with Crippen LogP contribution in [-0.4, -0.2) is 22.8 Å². The van der Waals surface area contributed by atoms with E-state index >= 15 is 0 Å². The number of nitrogens with one attached hydrogen (secondary N) is 1. The van der Waals surface area contributed by atoms with Gasteiger partial charge in [0, 0.05) is 5.69 Å². The quantitative estimate of drug-likeness (QED) is 0.784. The van der Waals surface area contributed by atoms with Crippen molar-refractivity contribution in [2.24, 2.45) is 0 Å². The van der Waals surface area contributed by atoms with Gasteiger partial charge in [-0.3, -0.25) is 4.79 Å². The first-order chi connectivity index (χ1) is 12.0. The van der Waals surface area contributed by atoms with Gasteiger partial charge >= 0.3 is 0 Å². The third-order valence-electron chi connectivity index (χ3n) is 3.84. The number of anilines is 1. The zero-order chi connectivity index (χ0) is 18.0. The van der Waals surface area contributed by atoms with E-state index in [9.17, 15) is 9.18 Å². The fourth-order valence-corrected chi connectivity index (χ4v) is 2.53. The first-order valence-corrected chi connectivity index (χ1v) is 7.76. The molecule has 0 aliphatic heterocycles. The molecular weight excluding hydrogens is 321 g/mol. The van der Waals surface area contributed by atoms with Gasteiger partial charge in [0.1, 0.15) is 5.82 Å². The number of ether oxygens (including phenoxy) is 1. The first-order valence-electron chi connectivity index (χ1n) is 7.76. The Morgan fingerprint density at radius 2 is 1.88 bits per heavy atom. The number of aromatic nitrogens is 2. The second kappa shape index (κ2) is 6.76. The summed E-state index contributed by atoms with van der Waals surface area (Å²) in [6.45, 7) is 3.92. The Balaban J connectivity index is 1.90. The highest BCUT2D eigenvalue weighted by molar-refractivity contribution is 6.05. The van der Waals surface area contributed by atoms with E-state index in [0.29, 0.717) is 17.1 Å². The number of nitrogens with zero attached hydrogens (tertiary/aromatic N) is 2. The minimum absolute atomic E-state index is 0.159. The number of hydrogen-bond acceptors (Lipinski definition) is 3. The second-order valence-electron chi connectivity index (χ2n) is 5.74. The Morgan fingerprint density at radius 1 is 1.16 bits per heavy atom. The van der Waals surface area contributed by atoms with Crippen LogP contribution < -0.4 is 10.1 Å². The monoisotopic (exact) mass is 339 g/mol. The molecule has 0 saturated heterocycles. The van der Waals surface area contributed by atoms with Gasteiger partial charge in [0.25, 0.3) is 5.91 Å². The molecule has 5 nitrogen and oxygen atoms in total. The Kier molecular flexibility index (Phi) is 4.52. The minimum Gasteiger partial charge on any atom is -0.493 e. The highest BCUT2D eigenvalue weighted by atomic mass is 19.1. The summed E-state index contributed by atoms with van der Waals surface area (Å²) in [5, 5.41) is 7.13. The van der Waals surface area contributed by atoms with Gasteiger partial charge < -0.3 is 10.1 Å². The lowest BCUT2D eigenvalue weighted by atomic mass is 10.1. The Morgan fingerprint density at radius 3 is 2.52 bits per heavy atom. The van der Waals surface area contributed by atoms with Crippen molar-refractivity contribution < 1.29 is 13.9 Å². The van der Waals surface area contributed by atoms with Crippen molar-refractivity contribution in [3.63, 3.8) is 0 Å². The lowest BCUT2D eigenvalue weighted by Gasteiger charge is -2.08. The largest absolute Gasteiger partial charge is 0.493 e. The Labute approximate surface area is 145 Å². The van der Waals surface area contributed by atoms with Crippen LogP contribution in [0.1, 0.15) is 21.6 Å². The van der Waals surface area contributed by atoms with Crippen molar-refractivity contribution in [2.75, 3.05) is 12.4 Å². The van der Waals surface area contributed by atoms with Crippen molar-refractivity contribution >= 4 is 11.6 Å². The molecule has 0 radical (unpaired) electrons. The fourth-order valence-electron chi connectivity index (χ4n) is 2.53. The molecular formula is C19H18FN3O2. The van der Waals surface area contributed by atoms with Gasteiger partial charge in [-0.05, 0) is 49.7 Å². The maximum Gasteiger partial charge on any atom is 0.280 e. The summed E-state index contributed by atoms with van der Waals surface area (Å²) in [4.78, 5) is 12.6. The number of benzene rings is 2. The molecule has 0 aliphatic carbocycles. The van der Waals surface area contributed by atoms with E-state index in [1.54, 1.807) is 18.3 Å². The zero-order valence-electron chi connectivity index (χ0n) is 14.2. The van der Waals surface area contributed by atoms with Crippen molar-refractivity contribution in [3.05, 3.63) is 71.3 Å². The van der Waals surface area contributed by atoms with Gasteiger partial charge in [-0.2, -0.15) is 5.10 Å². The van der Waals surface area contributed by atoms with Crippen LogP contribution in [0.15, 0.2) is 48.7 Å². The van der Waals surface area contributed by atoms with Crippen LogP contribution >= 0.6 is 0 Å². The topological polar surface area (TPSA) is 56.2 Å². The normalized spacial score (nSPS) is 10.6. The molecule has 0 fully saturated rings. The number of hydrogen-bond donors (Lipinski definition) is 1. The van der Waals surface area contributed by atoms with Crippen molar-refractivity contribution in [2.45, 2.75) is 13.8 Å². The summed E-state index contributed by atoms with van der Waals surface area (Å²) in [7, 11) is 1.47. The lowest BCUT2D eigenvalue weighted by molar-refractivity contribution is 0.101. The van der Waals surface area contributed by atoms with Gasteiger partial charge in [-0.25, -0.2) is 9.07 Å². The molecule has 0 atom stereocenters. The van der Waals surface area contributed by atoms with E-state index < -0.39 is 0 Å². The lowest BCUT2D eigenvalue weighted by Crippen LogP contribution is -2.15. The van der Waals surface area contributed by atoms with Crippen molar-refractivity contribution in [3.8, 4) is 11.4 Å². The molecule has 25 heavy (non-hydrogen) atoms. The SMILES string of the molecule is COc1cn(-c2ccc(F)cc2)nc1C(=O)Nc1ccc(C)cc1C. The van der Waals surface area contributed by atoms with Crippen LogP contribution in [0.3, 0.4) is 0 Å². The van der Waals surface area contributed by atoms with Gasteiger partial charge in [0.15, 0.2) is 11.4 Å². The molecule has 128 valence electrons. The molecule has 6 heteroatoms. The molecule has 0 saturated carbocycles. The molecule has 0 unspecified atom stereocenters. The van der Waals surface area contributed by atoms with Crippen LogP contribution in [0.4, 0.5) is 10.1 Å². The van der Waals surface area contributed by atoms with Crippen LogP contribution in [-0.2, 0) is 0 Å². The summed E-state index contributed by atoms with van der Waals surface area (Å²) in [6, 6.07) is 11.6. The van der Waals surface area contributed by atoms with E-state index in [1.807, 2.05) is 32.0 Å². The molecule has 1 aromatic heterocycles. The smallest absolute Gasteiger partial charge is 0.280 e. The molecule has 1 N–H and O–H groups in total. The summed E-state index contributed by atoms with van der Waals surface area (Å²) < 4.78 is 19.8. The molecule has 0 aliphatic rings. The molecule has 0 bridgehead atoms. The molecule has 2 aromatic carbocycles. The molecule has 1 amide bonds. The summed E-state index contributed by atoms with van der Waals surface area (Å²) in [5.41, 5.74) is 3.59. The predicted octanol–water partition coefficient (Wildman–Crippen LogP) is 3.89. The number of methoxy groups -OCH3 is 1. The summed E-state index contributed by atoms with van der Waals surface area (Å²) in [5.74, 6) is -0.369. The van der Waals surface area contributed by atoms with Crippen LogP contribution in [0.5, 0.6) is 5.75 Å². The Bertz CT molecular complexity index is 917. The molecule has 1 heterocycles. The standard InChI is InChI=1S/C19H18FN3O2/c1-12-4-9-16(13(2)10-12)21-19(24)18-17(25-3)11-23(22-18)15-7-5-14(20)6-8-15/h4-11H,1-3H3,(H,21,24). The predicted molar refractivity (Wildman–Crippen MR) is 93.9 cm³/mol. The first kappa shape index (κ1) is 16.7. The van der Waals surface area contributed by atoms with E-state index in [1.165, 1.54) is 23.9 Å². The number of carbonyl (C=O) groups excluding carboxylic acids is 1. The van der Waals surface area contributed by atoms with E-state index in [-0.39, 0.29) is 17.4 Å². The van der Waals surface area contributed by atoms with Crippen molar-refractivity contribution in [1.82, 2.24) is 9.78 Å². The average molecular weight is 339 g/mol. The summed E-state index contributed by atoms with van der Waals surface area (Å²) in [6.07, 6.45) is 1.59. The molecule has 3 aromatic rings.